The molecule has 1 fully saturated rings. The molecule has 1 aromatic carbocycles. The van der Waals surface area contributed by atoms with Gasteiger partial charge in [-0.3, -0.25) is 4.79 Å². The summed E-state index contributed by atoms with van der Waals surface area (Å²) in [5, 5.41) is 6.84. The number of hydrogen-bond donors (Lipinski definition) is 3. The van der Waals surface area contributed by atoms with Crippen molar-refractivity contribution in [1.82, 2.24) is 5.32 Å². The van der Waals surface area contributed by atoms with E-state index in [0.29, 0.717) is 24.0 Å². The van der Waals surface area contributed by atoms with E-state index >= 15 is 0 Å². The first-order valence-corrected chi connectivity index (χ1v) is 6.56. The molecule has 0 bridgehead atoms. The second-order valence-electron chi connectivity index (χ2n) is 4.63. The lowest BCUT2D eigenvalue weighted by Gasteiger charge is -2.18. The Kier molecular flexibility index (Phi) is 4.44. The predicted molar refractivity (Wildman–Crippen MR) is 73.7 cm³/mol. The maximum absolute atomic E-state index is 11.7. The van der Waals surface area contributed by atoms with Crippen LogP contribution in [0.3, 0.4) is 0 Å². The van der Waals surface area contributed by atoms with Crippen molar-refractivity contribution in [3.63, 3.8) is 0 Å². The molecule has 1 aromatic rings. The fraction of sp³-hybridized carbons (Fsp3) is 0.462. The van der Waals surface area contributed by atoms with Gasteiger partial charge in [-0.1, -0.05) is 17.7 Å². The number of nitrogens with one attached hydrogen (secondary N) is 2. The molecule has 1 atom stereocenters. The molecule has 18 heavy (non-hydrogen) atoms. The molecule has 5 heteroatoms. The Morgan fingerprint density at radius 2 is 2.28 bits per heavy atom. The molecule has 0 heterocycles. The molecule has 0 aromatic heterocycles. The second-order valence-corrected chi connectivity index (χ2v) is 5.07. The van der Waals surface area contributed by atoms with Gasteiger partial charge >= 0.3 is 0 Å². The van der Waals surface area contributed by atoms with Crippen LogP contribution < -0.4 is 16.4 Å². The third kappa shape index (κ3) is 4.20. The monoisotopic (exact) mass is 267 g/mol. The van der Waals surface area contributed by atoms with E-state index in [0.717, 1.165) is 18.5 Å². The summed E-state index contributed by atoms with van der Waals surface area (Å²) in [5.41, 5.74) is 6.56. The lowest BCUT2D eigenvalue weighted by atomic mass is 10.2. The van der Waals surface area contributed by atoms with E-state index in [9.17, 15) is 4.79 Å². The average Bonchev–Trinajstić information content (AvgIpc) is 3.12. The summed E-state index contributed by atoms with van der Waals surface area (Å²) in [6, 6.07) is 7.73. The first kappa shape index (κ1) is 13.2. The summed E-state index contributed by atoms with van der Waals surface area (Å²) in [5.74, 6) is 0.0579. The van der Waals surface area contributed by atoms with E-state index in [4.69, 9.17) is 17.3 Å². The van der Waals surface area contributed by atoms with Gasteiger partial charge in [0.2, 0.25) is 5.91 Å². The van der Waals surface area contributed by atoms with E-state index in [1.54, 1.807) is 0 Å². The van der Waals surface area contributed by atoms with Gasteiger partial charge in [-0.05, 0) is 31.0 Å². The molecule has 1 aliphatic rings. The summed E-state index contributed by atoms with van der Waals surface area (Å²) in [6.07, 6.45) is 2.58. The third-order valence-corrected chi connectivity index (χ3v) is 3.09. The smallest absolute Gasteiger partial charge is 0.222 e. The van der Waals surface area contributed by atoms with Crippen molar-refractivity contribution in [2.75, 3.05) is 11.9 Å². The van der Waals surface area contributed by atoms with Crippen molar-refractivity contribution >= 4 is 23.2 Å². The number of benzene rings is 1. The van der Waals surface area contributed by atoms with Gasteiger partial charge in [0.1, 0.15) is 0 Å². The summed E-state index contributed by atoms with van der Waals surface area (Å²) in [7, 11) is 0. The van der Waals surface area contributed by atoms with Crippen LogP contribution in [0.15, 0.2) is 24.3 Å². The number of rotatable bonds is 6. The molecule has 0 spiro atoms. The first-order valence-electron chi connectivity index (χ1n) is 6.19. The minimum absolute atomic E-state index is 0.0579. The Morgan fingerprint density at radius 3 is 2.89 bits per heavy atom. The lowest BCUT2D eigenvalue weighted by molar-refractivity contribution is -0.121. The Hall–Kier alpha value is -1.26. The van der Waals surface area contributed by atoms with Gasteiger partial charge in [0.25, 0.3) is 0 Å². The summed E-state index contributed by atoms with van der Waals surface area (Å²) >= 11 is 5.90. The SMILES string of the molecule is NCC(CC(=O)NC1CC1)Nc1cccc(Cl)c1. The highest BCUT2D eigenvalue weighted by molar-refractivity contribution is 6.30. The molecule has 0 saturated heterocycles. The molecule has 4 nitrogen and oxygen atoms in total. The maximum Gasteiger partial charge on any atom is 0.222 e. The standard InChI is InChI=1S/C13H18ClN3O/c14-9-2-1-3-11(6-9)16-12(8-15)7-13(18)17-10-4-5-10/h1-3,6,10,12,16H,4-5,7-8,15H2,(H,17,18). The molecule has 0 radical (unpaired) electrons. The summed E-state index contributed by atoms with van der Waals surface area (Å²) in [6.45, 7) is 0.407. The van der Waals surface area contributed by atoms with E-state index < -0.39 is 0 Å². The van der Waals surface area contributed by atoms with Gasteiger partial charge in [0.15, 0.2) is 0 Å². The highest BCUT2D eigenvalue weighted by Crippen LogP contribution is 2.19. The minimum atomic E-state index is -0.0674. The molecule has 4 N–H and O–H groups in total. The van der Waals surface area contributed by atoms with Crippen LogP contribution in [-0.4, -0.2) is 24.5 Å². The number of nitrogens with two attached hydrogens (primary N) is 1. The van der Waals surface area contributed by atoms with Crippen molar-refractivity contribution in [2.45, 2.75) is 31.3 Å². The van der Waals surface area contributed by atoms with Gasteiger partial charge < -0.3 is 16.4 Å². The number of amides is 1. The Balaban J connectivity index is 1.85. The van der Waals surface area contributed by atoms with Crippen molar-refractivity contribution in [1.29, 1.82) is 0 Å². The Labute approximate surface area is 112 Å². The van der Waals surface area contributed by atoms with Gasteiger partial charge in [-0.2, -0.15) is 0 Å². The minimum Gasteiger partial charge on any atom is -0.380 e. The van der Waals surface area contributed by atoms with Crippen LogP contribution in [0.1, 0.15) is 19.3 Å². The Bertz CT molecular complexity index is 420. The largest absolute Gasteiger partial charge is 0.380 e. The van der Waals surface area contributed by atoms with Crippen molar-refractivity contribution < 1.29 is 4.79 Å². The van der Waals surface area contributed by atoms with Gasteiger partial charge in [0, 0.05) is 35.8 Å². The topological polar surface area (TPSA) is 67.2 Å². The first-order chi connectivity index (χ1) is 8.67. The fourth-order valence-corrected chi connectivity index (χ4v) is 1.94. The van der Waals surface area contributed by atoms with Crippen LogP contribution in [0.2, 0.25) is 5.02 Å². The predicted octanol–water partition coefficient (Wildman–Crippen LogP) is 1.75. The van der Waals surface area contributed by atoms with E-state index in [1.165, 1.54) is 0 Å². The number of carbonyl (C=O) groups excluding carboxylic acids is 1. The zero-order chi connectivity index (χ0) is 13.0. The molecule has 2 rings (SSSR count). The molecule has 1 aliphatic carbocycles. The number of anilines is 1. The molecule has 1 amide bonds. The zero-order valence-corrected chi connectivity index (χ0v) is 10.9. The van der Waals surface area contributed by atoms with Crippen LogP contribution >= 0.6 is 11.6 Å². The molecular weight excluding hydrogens is 250 g/mol. The van der Waals surface area contributed by atoms with Crippen LogP contribution in [-0.2, 0) is 4.79 Å². The van der Waals surface area contributed by atoms with E-state index in [1.807, 2.05) is 24.3 Å². The zero-order valence-electron chi connectivity index (χ0n) is 10.2. The third-order valence-electron chi connectivity index (χ3n) is 2.85. The van der Waals surface area contributed by atoms with E-state index in [-0.39, 0.29) is 11.9 Å². The van der Waals surface area contributed by atoms with Gasteiger partial charge in [-0.15, -0.1) is 0 Å². The van der Waals surface area contributed by atoms with Gasteiger partial charge in [-0.25, -0.2) is 0 Å². The molecule has 1 unspecified atom stereocenters. The quantitative estimate of drug-likeness (QED) is 0.736. The number of halogens is 1. The average molecular weight is 268 g/mol. The van der Waals surface area contributed by atoms with Crippen LogP contribution in [0.4, 0.5) is 5.69 Å². The number of carbonyl (C=O) groups is 1. The van der Waals surface area contributed by atoms with Crippen LogP contribution in [0.5, 0.6) is 0 Å². The van der Waals surface area contributed by atoms with Crippen molar-refractivity contribution in [3.05, 3.63) is 29.3 Å². The van der Waals surface area contributed by atoms with Gasteiger partial charge in [0.05, 0.1) is 0 Å². The fourth-order valence-electron chi connectivity index (χ4n) is 1.75. The lowest BCUT2D eigenvalue weighted by Crippen LogP contribution is -2.36. The Morgan fingerprint density at radius 1 is 1.50 bits per heavy atom. The maximum atomic E-state index is 11.7. The summed E-state index contributed by atoms with van der Waals surface area (Å²) < 4.78 is 0. The molecule has 1 saturated carbocycles. The highest BCUT2D eigenvalue weighted by Gasteiger charge is 2.24. The van der Waals surface area contributed by atoms with E-state index in [2.05, 4.69) is 10.6 Å². The molecular formula is C13H18ClN3O. The van der Waals surface area contributed by atoms with Crippen molar-refractivity contribution in [3.8, 4) is 0 Å². The number of hydrogen-bond acceptors (Lipinski definition) is 3. The van der Waals surface area contributed by atoms with Crippen LogP contribution in [0.25, 0.3) is 0 Å². The molecule has 98 valence electrons. The highest BCUT2D eigenvalue weighted by atomic mass is 35.5. The molecule has 0 aliphatic heterocycles. The normalized spacial score (nSPS) is 16.1. The van der Waals surface area contributed by atoms with Crippen LogP contribution in [0, 0.1) is 0 Å². The van der Waals surface area contributed by atoms with Crippen molar-refractivity contribution in [2.24, 2.45) is 5.73 Å². The second kappa shape index (κ2) is 6.07. The summed E-state index contributed by atoms with van der Waals surface area (Å²) in [4.78, 5) is 11.7.